The van der Waals surface area contributed by atoms with Crippen molar-refractivity contribution < 1.29 is 15.0 Å². The number of rotatable bonds is 4. The van der Waals surface area contributed by atoms with Crippen molar-refractivity contribution in [3.63, 3.8) is 0 Å². The molecule has 0 bridgehead atoms. The molecule has 0 saturated carbocycles. The number of aromatic hydroxyl groups is 2. The van der Waals surface area contributed by atoms with E-state index in [1.54, 1.807) is 12.1 Å². The Morgan fingerprint density at radius 2 is 1.70 bits per heavy atom. The zero-order valence-electron chi connectivity index (χ0n) is 11.7. The van der Waals surface area contributed by atoms with Crippen LogP contribution in [0, 0.1) is 0 Å². The van der Waals surface area contributed by atoms with E-state index in [1.807, 2.05) is 32.0 Å². The number of carbonyl (C=O) groups is 1. The van der Waals surface area contributed by atoms with E-state index in [-0.39, 0.29) is 22.8 Å². The van der Waals surface area contributed by atoms with Crippen LogP contribution in [-0.2, 0) is 12.8 Å². The van der Waals surface area contributed by atoms with Crippen LogP contribution >= 0.6 is 0 Å². The molecular formula is C17H18O3. The molecule has 0 atom stereocenters. The zero-order chi connectivity index (χ0) is 14.7. The standard InChI is InChI=1S/C17H18O3/c1-3-11-6-5-7-13(8-11)16(19)14-9-12(4-2)10-15(18)17(14)20/h5-10,18,20H,3-4H2,1-2H3. The first-order valence-corrected chi connectivity index (χ1v) is 6.75. The Morgan fingerprint density at radius 3 is 2.35 bits per heavy atom. The lowest BCUT2D eigenvalue weighted by Gasteiger charge is -2.09. The van der Waals surface area contributed by atoms with Gasteiger partial charge in [0.1, 0.15) is 0 Å². The van der Waals surface area contributed by atoms with Crippen LogP contribution in [0.4, 0.5) is 0 Å². The SMILES string of the molecule is CCc1cccc(C(=O)c2cc(CC)cc(O)c2O)c1. The molecule has 3 nitrogen and oxygen atoms in total. The van der Waals surface area contributed by atoms with Gasteiger partial charge in [-0.2, -0.15) is 0 Å². The third-order valence-electron chi connectivity index (χ3n) is 3.40. The van der Waals surface area contributed by atoms with Crippen molar-refractivity contribution in [2.45, 2.75) is 26.7 Å². The predicted molar refractivity (Wildman–Crippen MR) is 78.4 cm³/mol. The molecule has 0 spiro atoms. The lowest BCUT2D eigenvalue weighted by molar-refractivity contribution is 0.103. The summed E-state index contributed by atoms with van der Waals surface area (Å²) in [6, 6.07) is 10.4. The summed E-state index contributed by atoms with van der Waals surface area (Å²) in [6.07, 6.45) is 1.52. The Bertz CT molecular complexity index is 645. The molecule has 0 aromatic heterocycles. The number of hydrogen-bond donors (Lipinski definition) is 2. The smallest absolute Gasteiger partial charge is 0.196 e. The number of carbonyl (C=O) groups excluding carboxylic acids is 1. The Labute approximate surface area is 118 Å². The molecule has 0 radical (unpaired) electrons. The summed E-state index contributed by atoms with van der Waals surface area (Å²) in [5, 5.41) is 19.6. The Balaban J connectivity index is 2.49. The molecule has 0 saturated heterocycles. The molecule has 0 aliphatic heterocycles. The minimum Gasteiger partial charge on any atom is -0.504 e. The summed E-state index contributed by atoms with van der Waals surface area (Å²) in [4.78, 5) is 12.5. The van der Waals surface area contributed by atoms with Crippen LogP contribution in [0.5, 0.6) is 11.5 Å². The quantitative estimate of drug-likeness (QED) is 0.661. The molecule has 2 aromatic rings. The molecule has 0 heterocycles. The summed E-state index contributed by atoms with van der Waals surface area (Å²) < 4.78 is 0. The lowest BCUT2D eigenvalue weighted by atomic mass is 9.97. The molecule has 104 valence electrons. The van der Waals surface area contributed by atoms with Gasteiger partial charge in [0, 0.05) is 5.56 Å². The first-order chi connectivity index (χ1) is 9.56. The highest BCUT2D eigenvalue weighted by Crippen LogP contribution is 2.32. The Morgan fingerprint density at radius 1 is 1.00 bits per heavy atom. The van der Waals surface area contributed by atoms with Crippen LogP contribution in [-0.4, -0.2) is 16.0 Å². The third kappa shape index (κ3) is 2.67. The molecule has 2 aromatic carbocycles. The maximum absolute atomic E-state index is 12.5. The topological polar surface area (TPSA) is 57.5 Å². The van der Waals surface area contributed by atoms with Crippen molar-refractivity contribution in [2.24, 2.45) is 0 Å². The zero-order valence-corrected chi connectivity index (χ0v) is 11.7. The fourth-order valence-electron chi connectivity index (χ4n) is 2.14. The van der Waals surface area contributed by atoms with Crippen LogP contribution < -0.4 is 0 Å². The maximum Gasteiger partial charge on any atom is 0.196 e. The van der Waals surface area contributed by atoms with E-state index in [9.17, 15) is 15.0 Å². The Kier molecular flexibility index (Phi) is 4.08. The second-order valence-electron chi connectivity index (χ2n) is 4.75. The van der Waals surface area contributed by atoms with Gasteiger partial charge in [-0.3, -0.25) is 4.79 Å². The van der Waals surface area contributed by atoms with Gasteiger partial charge in [0.05, 0.1) is 5.56 Å². The minimum absolute atomic E-state index is 0.148. The number of phenolic OH excluding ortho intramolecular Hbond substituents is 2. The van der Waals surface area contributed by atoms with Gasteiger partial charge in [0.15, 0.2) is 17.3 Å². The summed E-state index contributed by atoms with van der Waals surface area (Å²) in [5.41, 5.74) is 2.55. The van der Waals surface area contributed by atoms with Crippen LogP contribution in [0.2, 0.25) is 0 Å². The lowest BCUT2D eigenvalue weighted by Crippen LogP contribution is -2.03. The normalized spacial score (nSPS) is 10.5. The average molecular weight is 270 g/mol. The minimum atomic E-state index is -0.353. The first kappa shape index (κ1) is 14.1. The number of hydrogen-bond acceptors (Lipinski definition) is 3. The first-order valence-electron chi connectivity index (χ1n) is 6.75. The highest BCUT2D eigenvalue weighted by atomic mass is 16.3. The Hall–Kier alpha value is -2.29. The molecular weight excluding hydrogens is 252 g/mol. The molecule has 2 rings (SSSR count). The third-order valence-corrected chi connectivity index (χ3v) is 3.40. The number of benzene rings is 2. The van der Waals surface area contributed by atoms with Gasteiger partial charge in [-0.1, -0.05) is 32.0 Å². The van der Waals surface area contributed by atoms with Gasteiger partial charge in [-0.25, -0.2) is 0 Å². The van der Waals surface area contributed by atoms with Gasteiger partial charge >= 0.3 is 0 Å². The largest absolute Gasteiger partial charge is 0.504 e. The van der Waals surface area contributed by atoms with Gasteiger partial charge in [-0.15, -0.1) is 0 Å². The summed E-state index contributed by atoms with van der Waals surface area (Å²) >= 11 is 0. The molecule has 2 N–H and O–H groups in total. The molecule has 0 aliphatic rings. The van der Waals surface area contributed by atoms with Gasteiger partial charge in [0.2, 0.25) is 0 Å². The number of aryl methyl sites for hydroxylation is 2. The monoisotopic (exact) mass is 270 g/mol. The second-order valence-corrected chi connectivity index (χ2v) is 4.75. The van der Waals surface area contributed by atoms with E-state index >= 15 is 0 Å². The highest BCUT2D eigenvalue weighted by Gasteiger charge is 2.17. The van der Waals surface area contributed by atoms with Gasteiger partial charge in [0.25, 0.3) is 0 Å². The van der Waals surface area contributed by atoms with Gasteiger partial charge in [-0.05, 0) is 42.2 Å². The van der Waals surface area contributed by atoms with Gasteiger partial charge < -0.3 is 10.2 Å². The molecule has 0 aliphatic carbocycles. The fourth-order valence-corrected chi connectivity index (χ4v) is 2.14. The van der Waals surface area contributed by atoms with Crippen molar-refractivity contribution in [1.82, 2.24) is 0 Å². The molecule has 20 heavy (non-hydrogen) atoms. The summed E-state index contributed by atoms with van der Waals surface area (Å²) in [6.45, 7) is 3.95. The summed E-state index contributed by atoms with van der Waals surface area (Å²) in [7, 11) is 0. The highest BCUT2D eigenvalue weighted by molar-refractivity contribution is 6.11. The van der Waals surface area contributed by atoms with Crippen molar-refractivity contribution in [2.75, 3.05) is 0 Å². The fraction of sp³-hybridized carbons (Fsp3) is 0.235. The van der Waals surface area contributed by atoms with Crippen molar-refractivity contribution in [3.05, 3.63) is 58.7 Å². The molecule has 0 amide bonds. The van der Waals surface area contributed by atoms with E-state index in [0.717, 1.165) is 17.5 Å². The number of ketones is 1. The van der Waals surface area contributed by atoms with Crippen LogP contribution in [0.25, 0.3) is 0 Å². The molecule has 3 heteroatoms. The van der Waals surface area contributed by atoms with E-state index in [0.29, 0.717) is 12.0 Å². The van der Waals surface area contributed by atoms with Crippen LogP contribution in [0.3, 0.4) is 0 Å². The maximum atomic E-state index is 12.5. The van der Waals surface area contributed by atoms with E-state index in [2.05, 4.69) is 0 Å². The predicted octanol–water partition coefficient (Wildman–Crippen LogP) is 3.45. The van der Waals surface area contributed by atoms with E-state index in [1.165, 1.54) is 6.07 Å². The second kappa shape index (κ2) is 5.78. The van der Waals surface area contributed by atoms with E-state index < -0.39 is 0 Å². The van der Waals surface area contributed by atoms with Crippen LogP contribution in [0.15, 0.2) is 36.4 Å². The average Bonchev–Trinajstić information content (AvgIpc) is 2.49. The van der Waals surface area contributed by atoms with E-state index in [4.69, 9.17) is 0 Å². The van der Waals surface area contributed by atoms with Crippen molar-refractivity contribution in [3.8, 4) is 11.5 Å². The van der Waals surface area contributed by atoms with Crippen molar-refractivity contribution in [1.29, 1.82) is 0 Å². The molecule has 0 unspecified atom stereocenters. The molecule has 0 fully saturated rings. The van der Waals surface area contributed by atoms with Crippen molar-refractivity contribution >= 4 is 5.78 Å². The number of phenols is 2. The van der Waals surface area contributed by atoms with Crippen LogP contribution in [0.1, 0.15) is 40.9 Å². The summed E-state index contributed by atoms with van der Waals surface area (Å²) in [5.74, 6) is -0.878.